The first-order valence-corrected chi connectivity index (χ1v) is 11.5. The molecule has 4 heteroatoms. The molecule has 1 atom stereocenters. The summed E-state index contributed by atoms with van der Waals surface area (Å²) in [5.74, 6) is 0.149. The van der Waals surface area contributed by atoms with Crippen molar-refractivity contribution in [2.45, 2.75) is 32.0 Å². The van der Waals surface area contributed by atoms with Crippen molar-refractivity contribution in [1.29, 1.82) is 0 Å². The third-order valence-corrected chi connectivity index (χ3v) is 7.09. The fourth-order valence-corrected chi connectivity index (χ4v) is 5.64. The lowest BCUT2D eigenvalue weighted by molar-refractivity contribution is 0.0629. The normalized spacial score (nSPS) is 17.3. The van der Waals surface area contributed by atoms with E-state index >= 15 is 0 Å². The van der Waals surface area contributed by atoms with Crippen molar-refractivity contribution in [1.82, 2.24) is 9.47 Å². The molecule has 0 aliphatic carbocycles. The predicted molar refractivity (Wildman–Crippen MR) is 129 cm³/mol. The Morgan fingerprint density at radius 3 is 2.53 bits per heavy atom. The molecule has 0 saturated carbocycles. The van der Waals surface area contributed by atoms with Crippen molar-refractivity contribution in [2.24, 2.45) is 0 Å². The van der Waals surface area contributed by atoms with Crippen molar-refractivity contribution in [3.05, 3.63) is 101 Å². The van der Waals surface area contributed by atoms with E-state index in [1.165, 1.54) is 27.7 Å². The van der Waals surface area contributed by atoms with Gasteiger partial charge in [0.05, 0.1) is 16.9 Å². The molecular weight excluding hydrogens is 394 g/mol. The number of carbonyl (C=O) groups excluding carboxylic acids is 1. The molecule has 2 aliphatic rings. The van der Waals surface area contributed by atoms with Crippen LogP contribution in [0.4, 0.5) is 5.69 Å². The zero-order valence-corrected chi connectivity index (χ0v) is 18.4. The molecule has 3 heterocycles. The van der Waals surface area contributed by atoms with Crippen molar-refractivity contribution >= 4 is 22.5 Å². The Balaban J connectivity index is 1.45. The fourth-order valence-electron chi connectivity index (χ4n) is 5.64. The Bertz CT molecular complexity index is 1310. The molecular formula is C28H27N3O. The molecule has 0 spiro atoms. The van der Waals surface area contributed by atoms with Crippen LogP contribution in [0.2, 0.25) is 0 Å². The van der Waals surface area contributed by atoms with Crippen molar-refractivity contribution in [3.8, 4) is 0 Å². The second-order valence-electron chi connectivity index (χ2n) is 8.87. The Kier molecular flexibility index (Phi) is 4.53. The van der Waals surface area contributed by atoms with Crippen LogP contribution in [0, 0.1) is 0 Å². The van der Waals surface area contributed by atoms with Crippen LogP contribution in [0.25, 0.3) is 10.9 Å². The van der Waals surface area contributed by atoms with E-state index in [4.69, 9.17) is 0 Å². The summed E-state index contributed by atoms with van der Waals surface area (Å²) < 4.78 is 2.49. The fraction of sp³-hybridized carbons (Fsp3) is 0.250. The van der Waals surface area contributed by atoms with E-state index in [0.29, 0.717) is 0 Å². The molecule has 160 valence electrons. The Morgan fingerprint density at radius 2 is 1.66 bits per heavy atom. The van der Waals surface area contributed by atoms with E-state index in [9.17, 15) is 4.79 Å². The topological polar surface area (TPSA) is 28.5 Å². The highest BCUT2D eigenvalue weighted by Gasteiger charge is 2.42. The number of hydrogen-bond donors (Lipinski definition) is 0. The summed E-state index contributed by atoms with van der Waals surface area (Å²) >= 11 is 0. The molecule has 2 aliphatic heterocycles. The smallest absolute Gasteiger partial charge is 0.257 e. The van der Waals surface area contributed by atoms with Crippen LogP contribution in [0.15, 0.2) is 78.9 Å². The van der Waals surface area contributed by atoms with Gasteiger partial charge in [0.2, 0.25) is 0 Å². The Labute approximate surface area is 188 Å². The molecule has 0 unspecified atom stereocenters. The van der Waals surface area contributed by atoms with Crippen molar-refractivity contribution in [3.63, 3.8) is 0 Å². The highest BCUT2D eigenvalue weighted by molar-refractivity contribution is 6.02. The number of anilines is 1. The van der Waals surface area contributed by atoms with Gasteiger partial charge in [-0.05, 0) is 48.6 Å². The molecule has 6 rings (SSSR count). The van der Waals surface area contributed by atoms with Crippen molar-refractivity contribution < 1.29 is 4.79 Å². The van der Waals surface area contributed by atoms with Gasteiger partial charge in [0.1, 0.15) is 6.17 Å². The van der Waals surface area contributed by atoms with Gasteiger partial charge < -0.3 is 14.4 Å². The molecule has 1 amide bonds. The number of fused-ring (bicyclic) bond motifs is 6. The zero-order chi connectivity index (χ0) is 21.7. The largest absolute Gasteiger partial charge is 0.349 e. The third-order valence-electron chi connectivity index (χ3n) is 7.09. The number of rotatable bonds is 4. The quantitative estimate of drug-likeness (QED) is 0.440. The van der Waals surface area contributed by atoms with Gasteiger partial charge in [-0.25, -0.2) is 0 Å². The minimum Gasteiger partial charge on any atom is -0.349 e. The average Bonchev–Trinajstić information content (AvgIpc) is 3.17. The van der Waals surface area contributed by atoms with Crippen LogP contribution in [-0.4, -0.2) is 29.0 Å². The van der Waals surface area contributed by atoms with Gasteiger partial charge in [-0.3, -0.25) is 4.79 Å². The summed E-state index contributed by atoms with van der Waals surface area (Å²) in [6.45, 7) is 1.70. The van der Waals surface area contributed by atoms with E-state index in [1.54, 1.807) is 0 Å². The maximum atomic E-state index is 13.4. The molecule has 0 bridgehead atoms. The lowest BCUT2D eigenvalue weighted by Crippen LogP contribution is -2.51. The van der Waals surface area contributed by atoms with Crippen LogP contribution in [0.3, 0.4) is 0 Å². The predicted octanol–water partition coefficient (Wildman–Crippen LogP) is 5.42. The summed E-state index contributed by atoms with van der Waals surface area (Å²) in [6, 6.07) is 27.5. The van der Waals surface area contributed by atoms with Gasteiger partial charge in [-0.15, -0.1) is 0 Å². The first-order valence-electron chi connectivity index (χ1n) is 11.5. The van der Waals surface area contributed by atoms with E-state index in [2.05, 4.69) is 82.1 Å². The number of carbonyl (C=O) groups is 1. The lowest BCUT2D eigenvalue weighted by Gasteiger charge is -2.46. The van der Waals surface area contributed by atoms with Gasteiger partial charge >= 0.3 is 0 Å². The van der Waals surface area contributed by atoms with Gasteiger partial charge in [0.15, 0.2) is 0 Å². The minimum absolute atomic E-state index is 0.0646. The second kappa shape index (κ2) is 7.56. The van der Waals surface area contributed by atoms with E-state index in [0.717, 1.165) is 43.6 Å². The minimum atomic E-state index is -0.0646. The average molecular weight is 422 g/mol. The molecule has 3 aromatic carbocycles. The highest BCUT2D eigenvalue weighted by Crippen LogP contribution is 2.44. The molecule has 4 aromatic rings. The second-order valence-corrected chi connectivity index (χ2v) is 8.87. The maximum absolute atomic E-state index is 13.4. The van der Waals surface area contributed by atoms with Gasteiger partial charge in [0, 0.05) is 31.0 Å². The number of benzene rings is 3. The molecule has 0 saturated heterocycles. The lowest BCUT2D eigenvalue weighted by atomic mass is 9.96. The summed E-state index contributed by atoms with van der Waals surface area (Å²) in [7, 11) is 2.13. The maximum Gasteiger partial charge on any atom is 0.257 e. The summed E-state index contributed by atoms with van der Waals surface area (Å²) in [5.41, 5.74) is 7.18. The number of aromatic nitrogens is 1. The summed E-state index contributed by atoms with van der Waals surface area (Å²) in [4.78, 5) is 17.8. The molecule has 1 aromatic heterocycles. The Hall–Kier alpha value is -3.53. The zero-order valence-electron chi connectivity index (χ0n) is 18.4. The van der Waals surface area contributed by atoms with Crippen LogP contribution in [-0.2, 0) is 19.4 Å². The summed E-state index contributed by atoms with van der Waals surface area (Å²) in [6.07, 6.45) is 2.95. The van der Waals surface area contributed by atoms with E-state index < -0.39 is 0 Å². The number of aryl methyl sites for hydroxylation is 2. The number of hydrogen-bond acceptors (Lipinski definition) is 2. The summed E-state index contributed by atoms with van der Waals surface area (Å²) in [5, 5.41) is 1.33. The third kappa shape index (κ3) is 2.86. The molecule has 4 nitrogen and oxygen atoms in total. The SMILES string of the molecule is CN1c2ccccc2C(=O)N2CCc3c(n(CCCc4ccccc4)c4ccccc34)[C@H]21. The molecule has 0 fully saturated rings. The van der Waals surface area contributed by atoms with Gasteiger partial charge in [-0.1, -0.05) is 60.7 Å². The first kappa shape index (κ1) is 19.2. The molecule has 0 radical (unpaired) electrons. The van der Waals surface area contributed by atoms with Crippen LogP contribution < -0.4 is 4.90 Å². The first-order chi connectivity index (χ1) is 15.7. The van der Waals surface area contributed by atoms with Crippen LogP contribution >= 0.6 is 0 Å². The number of nitrogens with zero attached hydrogens (tertiary/aromatic N) is 3. The monoisotopic (exact) mass is 421 g/mol. The number of amides is 1. The van der Waals surface area contributed by atoms with Gasteiger partial charge in [-0.2, -0.15) is 0 Å². The van der Waals surface area contributed by atoms with E-state index in [-0.39, 0.29) is 12.1 Å². The molecule has 0 N–H and O–H groups in total. The van der Waals surface area contributed by atoms with Crippen LogP contribution in [0.5, 0.6) is 0 Å². The van der Waals surface area contributed by atoms with Gasteiger partial charge in [0.25, 0.3) is 5.91 Å². The van der Waals surface area contributed by atoms with Crippen LogP contribution in [0.1, 0.15) is 39.8 Å². The standard InChI is InChI=1S/C28H27N3O/c1-29-24-15-7-6-14-23(24)28(32)31-19-17-22-21-13-5-8-16-25(21)30(26(22)27(29)31)18-9-12-20-10-3-2-4-11-20/h2-8,10-11,13-16,27H,9,12,17-19H2,1H3/t27-/m0/s1. The number of para-hydroxylation sites is 2. The molecule has 32 heavy (non-hydrogen) atoms. The van der Waals surface area contributed by atoms with E-state index in [1.807, 2.05) is 18.2 Å². The highest BCUT2D eigenvalue weighted by atomic mass is 16.2. The van der Waals surface area contributed by atoms with Crippen molar-refractivity contribution in [2.75, 3.05) is 18.5 Å². The Morgan fingerprint density at radius 1 is 0.906 bits per heavy atom.